The van der Waals surface area contributed by atoms with Gasteiger partial charge in [-0.2, -0.15) is 5.10 Å². The first kappa shape index (κ1) is 13.7. The third-order valence-electron chi connectivity index (χ3n) is 2.88. The average Bonchev–Trinajstić information content (AvgIpc) is 2.94. The van der Waals surface area contributed by atoms with Crippen molar-refractivity contribution in [2.45, 2.75) is 33.4 Å². The van der Waals surface area contributed by atoms with Crippen molar-refractivity contribution >= 4 is 0 Å². The second-order valence-corrected chi connectivity index (χ2v) is 4.61. The molecule has 2 heterocycles. The summed E-state index contributed by atoms with van der Waals surface area (Å²) < 4.78 is 13.0. The Morgan fingerprint density at radius 1 is 1.47 bits per heavy atom. The van der Waals surface area contributed by atoms with Crippen molar-refractivity contribution in [2.24, 2.45) is 7.05 Å². The van der Waals surface area contributed by atoms with Crippen LogP contribution in [0.25, 0.3) is 0 Å². The normalized spacial score (nSPS) is 10.9. The fourth-order valence-corrected chi connectivity index (χ4v) is 1.86. The molecule has 0 amide bonds. The number of aromatic nitrogens is 2. The fourth-order valence-electron chi connectivity index (χ4n) is 1.86. The van der Waals surface area contributed by atoms with Crippen LogP contribution in [0, 0.1) is 6.92 Å². The van der Waals surface area contributed by atoms with Crippen LogP contribution >= 0.6 is 0 Å². The van der Waals surface area contributed by atoms with E-state index in [4.69, 9.17) is 9.15 Å². The maximum atomic E-state index is 5.68. The second-order valence-electron chi connectivity index (χ2n) is 4.61. The quantitative estimate of drug-likeness (QED) is 0.779. The van der Waals surface area contributed by atoms with Crippen LogP contribution in [-0.4, -0.2) is 16.3 Å². The molecule has 0 radical (unpaired) electrons. The van der Waals surface area contributed by atoms with Crippen LogP contribution in [0.1, 0.15) is 30.4 Å². The lowest BCUT2D eigenvalue weighted by Crippen LogP contribution is -2.13. The lowest BCUT2D eigenvalue weighted by Gasteiger charge is -2.00. The second kappa shape index (κ2) is 6.43. The van der Waals surface area contributed by atoms with E-state index in [1.807, 2.05) is 26.2 Å². The fraction of sp³-hybridized carbons (Fsp3) is 0.500. The lowest BCUT2D eigenvalue weighted by molar-refractivity contribution is 0.267. The van der Waals surface area contributed by atoms with E-state index in [1.165, 1.54) is 5.56 Å². The maximum absolute atomic E-state index is 5.68. The first-order chi connectivity index (χ1) is 9.19. The van der Waals surface area contributed by atoms with E-state index in [-0.39, 0.29) is 0 Å². The minimum Gasteiger partial charge on any atom is -0.482 e. The molecule has 0 saturated carbocycles. The highest BCUT2D eigenvalue weighted by molar-refractivity contribution is 5.21. The predicted molar refractivity (Wildman–Crippen MR) is 73.0 cm³/mol. The number of hydrogen-bond donors (Lipinski definition) is 1. The van der Waals surface area contributed by atoms with Gasteiger partial charge < -0.3 is 14.5 Å². The van der Waals surface area contributed by atoms with Gasteiger partial charge >= 0.3 is 0 Å². The summed E-state index contributed by atoms with van der Waals surface area (Å²) in [6.45, 7) is 6.43. The average molecular weight is 263 g/mol. The molecule has 2 aromatic rings. The molecule has 0 spiro atoms. The summed E-state index contributed by atoms with van der Waals surface area (Å²) in [5.74, 6) is 2.55. The lowest BCUT2D eigenvalue weighted by atomic mass is 10.2. The van der Waals surface area contributed by atoms with Crippen LogP contribution in [0.3, 0.4) is 0 Å². The molecular formula is C14H21N3O2. The van der Waals surface area contributed by atoms with Gasteiger partial charge in [-0.3, -0.25) is 4.68 Å². The number of rotatable bonds is 7. The van der Waals surface area contributed by atoms with E-state index in [1.54, 1.807) is 10.9 Å². The summed E-state index contributed by atoms with van der Waals surface area (Å²) in [6.07, 6.45) is 4.66. The van der Waals surface area contributed by atoms with E-state index < -0.39 is 0 Å². The van der Waals surface area contributed by atoms with Gasteiger partial charge in [0.1, 0.15) is 18.1 Å². The summed E-state index contributed by atoms with van der Waals surface area (Å²) in [5.41, 5.74) is 1.19. The topological polar surface area (TPSA) is 52.2 Å². The van der Waals surface area contributed by atoms with Crippen LogP contribution in [0.4, 0.5) is 0 Å². The van der Waals surface area contributed by atoms with Crippen molar-refractivity contribution in [1.29, 1.82) is 0 Å². The Morgan fingerprint density at radius 3 is 3.00 bits per heavy atom. The molecule has 0 aliphatic heterocycles. The van der Waals surface area contributed by atoms with Gasteiger partial charge in [-0.1, -0.05) is 6.92 Å². The Bertz CT molecular complexity index is 516. The van der Waals surface area contributed by atoms with E-state index in [9.17, 15) is 0 Å². The molecule has 0 unspecified atom stereocenters. The predicted octanol–water partition coefficient (Wildman–Crippen LogP) is 2.40. The number of furan rings is 1. The minimum atomic E-state index is 0.431. The largest absolute Gasteiger partial charge is 0.482 e. The molecule has 19 heavy (non-hydrogen) atoms. The van der Waals surface area contributed by atoms with Crippen LogP contribution in [0.15, 0.2) is 22.9 Å². The highest BCUT2D eigenvalue weighted by Crippen LogP contribution is 2.17. The van der Waals surface area contributed by atoms with Crippen molar-refractivity contribution in [3.8, 4) is 5.75 Å². The van der Waals surface area contributed by atoms with Gasteiger partial charge in [0.05, 0.1) is 12.4 Å². The van der Waals surface area contributed by atoms with E-state index >= 15 is 0 Å². The molecule has 104 valence electrons. The molecule has 0 atom stereocenters. The third-order valence-corrected chi connectivity index (χ3v) is 2.88. The molecule has 0 aliphatic rings. The Hall–Kier alpha value is -1.75. The molecule has 0 aliphatic carbocycles. The molecule has 2 aromatic heterocycles. The molecule has 0 saturated heterocycles. The van der Waals surface area contributed by atoms with Gasteiger partial charge in [0.15, 0.2) is 5.75 Å². The first-order valence-corrected chi connectivity index (χ1v) is 6.59. The van der Waals surface area contributed by atoms with Crippen LogP contribution in [0.5, 0.6) is 5.75 Å². The summed E-state index contributed by atoms with van der Waals surface area (Å²) in [7, 11) is 1.86. The molecule has 1 N–H and O–H groups in total. The Kier molecular flexibility index (Phi) is 4.63. The van der Waals surface area contributed by atoms with Gasteiger partial charge in [0.2, 0.25) is 0 Å². The molecule has 5 heteroatoms. The highest BCUT2D eigenvalue weighted by Gasteiger charge is 2.08. The zero-order valence-electron chi connectivity index (χ0n) is 11.8. The number of ether oxygens (including phenoxy) is 1. The van der Waals surface area contributed by atoms with Crippen molar-refractivity contribution in [1.82, 2.24) is 15.1 Å². The maximum Gasteiger partial charge on any atom is 0.157 e. The number of aryl methyl sites for hydroxylation is 2. The van der Waals surface area contributed by atoms with Crippen molar-refractivity contribution < 1.29 is 9.15 Å². The zero-order chi connectivity index (χ0) is 13.7. The monoisotopic (exact) mass is 263 g/mol. The molecular weight excluding hydrogens is 242 g/mol. The van der Waals surface area contributed by atoms with Gasteiger partial charge in [-0.25, -0.2) is 0 Å². The molecule has 2 rings (SSSR count). The van der Waals surface area contributed by atoms with Gasteiger partial charge in [-0.15, -0.1) is 0 Å². The SMILES string of the molecule is CCCNCc1cc(COc2cnn(C)c2)oc1C. The molecule has 0 fully saturated rings. The smallest absolute Gasteiger partial charge is 0.157 e. The molecule has 0 aromatic carbocycles. The number of nitrogens with one attached hydrogen (secondary N) is 1. The van der Waals surface area contributed by atoms with Gasteiger partial charge in [0, 0.05) is 19.2 Å². The van der Waals surface area contributed by atoms with Gasteiger partial charge in [-0.05, 0) is 26.0 Å². The summed E-state index contributed by atoms with van der Waals surface area (Å²) in [6, 6.07) is 2.05. The number of hydrogen-bond acceptors (Lipinski definition) is 4. The van der Waals surface area contributed by atoms with Crippen molar-refractivity contribution in [2.75, 3.05) is 6.54 Å². The van der Waals surface area contributed by atoms with Gasteiger partial charge in [0.25, 0.3) is 0 Å². The van der Waals surface area contributed by atoms with Crippen LogP contribution < -0.4 is 10.1 Å². The highest BCUT2D eigenvalue weighted by atomic mass is 16.5. The van der Waals surface area contributed by atoms with E-state index in [0.29, 0.717) is 6.61 Å². The Morgan fingerprint density at radius 2 is 2.32 bits per heavy atom. The van der Waals surface area contributed by atoms with Crippen LogP contribution in [-0.2, 0) is 20.2 Å². The first-order valence-electron chi connectivity index (χ1n) is 6.59. The number of nitrogens with zero attached hydrogens (tertiary/aromatic N) is 2. The molecule has 0 bridgehead atoms. The zero-order valence-corrected chi connectivity index (χ0v) is 11.8. The standard InChI is InChI=1S/C14H21N3O2/c1-4-5-15-7-12-6-13(19-11(12)2)10-18-14-8-16-17(3)9-14/h6,8-9,15H,4-5,7,10H2,1-3H3. The molecule has 5 nitrogen and oxygen atoms in total. The van der Waals surface area contributed by atoms with E-state index in [2.05, 4.69) is 17.3 Å². The van der Waals surface area contributed by atoms with Crippen molar-refractivity contribution in [3.63, 3.8) is 0 Å². The summed E-state index contributed by atoms with van der Waals surface area (Å²) in [4.78, 5) is 0. The van der Waals surface area contributed by atoms with Crippen LogP contribution in [0.2, 0.25) is 0 Å². The summed E-state index contributed by atoms with van der Waals surface area (Å²) in [5, 5.41) is 7.42. The Labute approximate surface area is 113 Å². The minimum absolute atomic E-state index is 0.431. The van der Waals surface area contributed by atoms with E-state index in [0.717, 1.165) is 36.8 Å². The summed E-state index contributed by atoms with van der Waals surface area (Å²) >= 11 is 0. The third kappa shape index (κ3) is 3.86. The Balaban J connectivity index is 1.88. The van der Waals surface area contributed by atoms with Crippen molar-refractivity contribution in [3.05, 3.63) is 35.5 Å².